The van der Waals surface area contributed by atoms with Gasteiger partial charge in [-0.05, 0) is 55.7 Å². The maximum Gasteiger partial charge on any atom is 0.253 e. The third-order valence-electron chi connectivity index (χ3n) is 7.59. The van der Waals surface area contributed by atoms with Gasteiger partial charge in [0.1, 0.15) is 6.61 Å². The minimum Gasteiger partial charge on any atom is -0.370 e. The number of carbonyl (C=O) groups is 4. The zero-order valence-electron chi connectivity index (χ0n) is 22.4. The van der Waals surface area contributed by atoms with Gasteiger partial charge in [0, 0.05) is 66.5 Å². The average molecular weight is 566 g/mol. The van der Waals surface area contributed by atoms with E-state index in [1.807, 2.05) is 0 Å². The van der Waals surface area contributed by atoms with Crippen molar-refractivity contribution in [3.8, 4) is 0 Å². The number of halogens is 1. The molecule has 0 radical (unpaired) electrons. The molecule has 0 bridgehead atoms. The van der Waals surface area contributed by atoms with Crippen molar-refractivity contribution >= 4 is 51.8 Å². The lowest BCUT2D eigenvalue weighted by atomic mass is 9.81. The average Bonchev–Trinajstić information content (AvgIpc) is 3.33. The fourth-order valence-corrected chi connectivity index (χ4v) is 5.63. The maximum atomic E-state index is 13.3. The van der Waals surface area contributed by atoms with E-state index >= 15 is 0 Å². The van der Waals surface area contributed by atoms with Crippen LogP contribution in [0.15, 0.2) is 48.7 Å². The Labute approximate surface area is 237 Å². The summed E-state index contributed by atoms with van der Waals surface area (Å²) in [5.74, 6) is -0.967. The fourth-order valence-electron chi connectivity index (χ4n) is 5.41. The summed E-state index contributed by atoms with van der Waals surface area (Å²) in [5, 5.41) is 7.53. The van der Waals surface area contributed by atoms with Gasteiger partial charge in [-0.3, -0.25) is 19.2 Å². The van der Waals surface area contributed by atoms with Gasteiger partial charge in [-0.15, -0.1) is 0 Å². The minimum atomic E-state index is -0.452. The highest BCUT2D eigenvalue weighted by atomic mass is 35.5. The lowest BCUT2D eigenvalue weighted by Gasteiger charge is -2.37. The normalized spacial score (nSPS) is 21.2. The van der Waals surface area contributed by atoms with Crippen molar-refractivity contribution < 1.29 is 23.9 Å². The topological polar surface area (TPSA) is 124 Å². The number of nitrogens with zero attached hydrogens (tertiary/aromatic N) is 2. The van der Waals surface area contributed by atoms with Gasteiger partial charge in [0.05, 0.1) is 17.7 Å². The second-order valence-electron chi connectivity index (χ2n) is 10.4. The molecule has 3 atom stereocenters. The first-order chi connectivity index (χ1) is 19.2. The molecule has 4 amide bonds. The first-order valence-corrected chi connectivity index (χ1v) is 13.7. The van der Waals surface area contributed by atoms with E-state index in [2.05, 4.69) is 15.6 Å². The summed E-state index contributed by atoms with van der Waals surface area (Å²) in [4.78, 5) is 57.7. The Morgan fingerprint density at radius 3 is 2.42 bits per heavy atom. The van der Waals surface area contributed by atoms with Crippen LogP contribution in [-0.2, 0) is 14.3 Å². The molecule has 1 aromatic heterocycles. The molecule has 2 fully saturated rings. The molecule has 1 saturated heterocycles. The molecule has 11 heteroatoms. The lowest BCUT2D eigenvalue weighted by molar-refractivity contribution is -0.134. The fraction of sp³-hybridized carbons (Fsp3) is 0.379. The number of amides is 4. The number of rotatable bonds is 6. The quantitative estimate of drug-likeness (QED) is 0.424. The SMILES string of the molecule is CN(C)C(=O)[C@H]1CC[C@H](NC(=O)c2ccc(N3CCOCC3=O)cc2)[C@H](NC(=O)c2ccc3c(Cl)c[nH]c3c2)C1. The molecule has 1 aliphatic carbocycles. The van der Waals surface area contributed by atoms with Crippen molar-refractivity contribution in [3.63, 3.8) is 0 Å². The minimum absolute atomic E-state index is 0.000258. The van der Waals surface area contributed by atoms with Crippen LogP contribution in [0.4, 0.5) is 5.69 Å². The van der Waals surface area contributed by atoms with Gasteiger partial charge >= 0.3 is 0 Å². The number of carbonyl (C=O) groups excluding carboxylic acids is 4. The highest BCUT2D eigenvalue weighted by molar-refractivity contribution is 6.35. The van der Waals surface area contributed by atoms with Gasteiger partial charge in [0.2, 0.25) is 5.91 Å². The number of benzene rings is 2. The smallest absolute Gasteiger partial charge is 0.253 e. The van der Waals surface area contributed by atoms with E-state index in [1.165, 1.54) is 0 Å². The number of ether oxygens (including phenoxy) is 1. The van der Waals surface area contributed by atoms with E-state index in [0.29, 0.717) is 54.3 Å². The van der Waals surface area contributed by atoms with Crippen molar-refractivity contribution in [2.24, 2.45) is 5.92 Å². The molecule has 3 aromatic rings. The number of aromatic nitrogens is 1. The van der Waals surface area contributed by atoms with Crippen LogP contribution in [0.1, 0.15) is 40.0 Å². The van der Waals surface area contributed by atoms with Crippen LogP contribution in [0.3, 0.4) is 0 Å². The van der Waals surface area contributed by atoms with E-state index in [-0.39, 0.29) is 42.2 Å². The Balaban J connectivity index is 1.31. The molecule has 40 heavy (non-hydrogen) atoms. The standard InChI is InChI=1S/C29H32ClN5O5/c1-34(2)29(39)19-6-10-23(25(14-19)33-28(38)18-5-9-21-22(30)15-31-24(21)13-18)32-27(37)17-3-7-20(8-4-17)35-11-12-40-16-26(35)36/h3-5,7-9,13,15,19,23,25,31H,6,10-12,14,16H2,1-2H3,(H,32,37)(H,33,38)/t19-,23-,25+/m0/s1. The molecule has 1 saturated carbocycles. The van der Waals surface area contributed by atoms with Gasteiger partial charge in [0.25, 0.3) is 17.7 Å². The summed E-state index contributed by atoms with van der Waals surface area (Å²) in [5.41, 5.74) is 2.34. The molecule has 0 unspecified atom stereocenters. The monoisotopic (exact) mass is 565 g/mol. The van der Waals surface area contributed by atoms with Crippen LogP contribution in [0.25, 0.3) is 10.9 Å². The van der Waals surface area contributed by atoms with E-state index in [4.69, 9.17) is 16.3 Å². The summed E-state index contributed by atoms with van der Waals surface area (Å²) in [6, 6.07) is 11.2. The number of hydrogen-bond donors (Lipinski definition) is 3. The number of hydrogen-bond acceptors (Lipinski definition) is 5. The second kappa shape index (κ2) is 11.7. The number of aromatic amines is 1. The maximum absolute atomic E-state index is 13.3. The Morgan fingerprint density at radius 1 is 1.00 bits per heavy atom. The largest absolute Gasteiger partial charge is 0.370 e. The Hall–Kier alpha value is -3.89. The van der Waals surface area contributed by atoms with Crippen LogP contribution in [0.5, 0.6) is 0 Å². The third kappa shape index (κ3) is 5.83. The Kier molecular flexibility index (Phi) is 8.09. The number of H-pyrrole nitrogens is 1. The summed E-state index contributed by atoms with van der Waals surface area (Å²) in [7, 11) is 3.43. The van der Waals surface area contributed by atoms with Crippen LogP contribution < -0.4 is 15.5 Å². The first kappa shape index (κ1) is 27.7. The van der Waals surface area contributed by atoms with E-state index in [1.54, 1.807) is 72.6 Å². The van der Waals surface area contributed by atoms with Crippen molar-refractivity contribution in [1.82, 2.24) is 20.5 Å². The van der Waals surface area contributed by atoms with Gasteiger partial charge in [-0.2, -0.15) is 0 Å². The van der Waals surface area contributed by atoms with Gasteiger partial charge in [-0.1, -0.05) is 17.7 Å². The molecule has 5 rings (SSSR count). The second-order valence-corrected chi connectivity index (χ2v) is 10.9. The highest BCUT2D eigenvalue weighted by Gasteiger charge is 2.36. The molecule has 210 valence electrons. The van der Waals surface area contributed by atoms with Crippen molar-refractivity contribution in [1.29, 1.82) is 0 Å². The van der Waals surface area contributed by atoms with Gasteiger partial charge in [-0.25, -0.2) is 0 Å². The molecule has 10 nitrogen and oxygen atoms in total. The zero-order valence-corrected chi connectivity index (χ0v) is 23.2. The Bertz CT molecular complexity index is 1440. The van der Waals surface area contributed by atoms with Crippen molar-refractivity contribution in [2.75, 3.05) is 38.8 Å². The molecule has 0 spiro atoms. The van der Waals surface area contributed by atoms with Gasteiger partial charge < -0.3 is 30.2 Å². The predicted molar refractivity (Wildman–Crippen MR) is 151 cm³/mol. The molecule has 2 aliphatic rings. The summed E-state index contributed by atoms with van der Waals surface area (Å²) < 4.78 is 5.18. The molecule has 2 heterocycles. The van der Waals surface area contributed by atoms with E-state index < -0.39 is 6.04 Å². The van der Waals surface area contributed by atoms with E-state index in [9.17, 15) is 19.2 Å². The van der Waals surface area contributed by atoms with Crippen LogP contribution in [-0.4, -0.2) is 79.5 Å². The Morgan fingerprint density at radius 2 is 1.70 bits per heavy atom. The summed E-state index contributed by atoms with van der Waals surface area (Å²) in [6.07, 6.45) is 3.21. The number of fused-ring (bicyclic) bond motifs is 1. The lowest BCUT2D eigenvalue weighted by Crippen LogP contribution is -2.55. The molecular formula is C29H32ClN5O5. The van der Waals surface area contributed by atoms with E-state index in [0.717, 1.165) is 10.9 Å². The van der Waals surface area contributed by atoms with Crippen LogP contribution in [0, 0.1) is 5.92 Å². The molecular weight excluding hydrogens is 534 g/mol. The van der Waals surface area contributed by atoms with Crippen molar-refractivity contribution in [2.45, 2.75) is 31.3 Å². The van der Waals surface area contributed by atoms with Gasteiger partial charge in [0.15, 0.2) is 0 Å². The number of anilines is 1. The third-order valence-corrected chi connectivity index (χ3v) is 7.91. The molecule has 1 aliphatic heterocycles. The van der Waals surface area contributed by atoms with Crippen LogP contribution in [0.2, 0.25) is 5.02 Å². The summed E-state index contributed by atoms with van der Waals surface area (Å²) >= 11 is 6.17. The highest BCUT2D eigenvalue weighted by Crippen LogP contribution is 2.28. The number of morpholine rings is 1. The molecule has 3 N–H and O–H groups in total. The summed E-state index contributed by atoms with van der Waals surface area (Å²) in [6.45, 7) is 0.970. The zero-order chi connectivity index (χ0) is 28.4. The van der Waals surface area contributed by atoms with Crippen molar-refractivity contribution in [3.05, 3.63) is 64.8 Å². The predicted octanol–water partition coefficient (Wildman–Crippen LogP) is 2.97. The first-order valence-electron chi connectivity index (χ1n) is 13.3. The molecule has 2 aromatic carbocycles. The number of nitrogens with one attached hydrogen (secondary N) is 3. The van der Waals surface area contributed by atoms with Crippen LogP contribution >= 0.6 is 11.6 Å².